The lowest BCUT2D eigenvalue weighted by Gasteiger charge is -1.89. The zero-order valence-corrected chi connectivity index (χ0v) is 5.66. The van der Waals surface area contributed by atoms with Crippen molar-refractivity contribution in [3.8, 4) is 0 Å². The molecule has 0 amide bonds. The topological polar surface area (TPSA) is 43.0 Å². The number of rotatable bonds is 1. The fourth-order valence-electron chi connectivity index (χ4n) is 0.747. The number of hydrogen-bond donors (Lipinski definition) is 1. The van der Waals surface area contributed by atoms with Gasteiger partial charge in [0.25, 0.3) is 5.69 Å². The van der Waals surface area contributed by atoms with Crippen molar-refractivity contribution in [1.29, 1.82) is 0 Å². The maximum atomic E-state index is 5.39. The van der Waals surface area contributed by atoms with Crippen molar-refractivity contribution >= 4 is 0 Å². The van der Waals surface area contributed by atoms with Crippen molar-refractivity contribution < 1.29 is 9.37 Å². The van der Waals surface area contributed by atoms with Crippen molar-refractivity contribution in [3.05, 3.63) is 18.0 Å². The molecule has 1 heterocycles. The van der Waals surface area contributed by atoms with Gasteiger partial charge in [0.1, 0.15) is 0 Å². The third-order valence-corrected chi connectivity index (χ3v) is 1.26. The highest BCUT2D eigenvalue weighted by molar-refractivity contribution is 4.94. The highest BCUT2D eigenvalue weighted by Gasteiger charge is 2.14. The van der Waals surface area contributed by atoms with Gasteiger partial charge in [-0.2, -0.15) is 5.84 Å². The summed E-state index contributed by atoms with van der Waals surface area (Å²) < 4.78 is 4.82. The molecule has 1 rings (SSSR count). The zero-order valence-electron chi connectivity index (χ0n) is 5.66. The molecular weight excluding hydrogens is 116 g/mol. The highest BCUT2D eigenvalue weighted by atomic mass is 16.5. The molecule has 3 nitrogen and oxygen atoms in total. The van der Waals surface area contributed by atoms with Gasteiger partial charge in [0.2, 0.25) is 0 Å². The quantitative estimate of drug-likeness (QED) is 0.438. The first-order valence-electron chi connectivity index (χ1n) is 2.97. The van der Waals surface area contributed by atoms with Crippen molar-refractivity contribution in [3.63, 3.8) is 0 Å². The standard InChI is InChI=1S/C6H11N2O/c1-5(2)6-3-4-9-8(6)7/h3-5H,7H2,1-2H3/q+1. The predicted octanol–water partition coefficient (Wildman–Crippen LogP) is 0.404. The number of nitrogen functional groups attached to an aromatic ring is 1. The van der Waals surface area contributed by atoms with Crippen LogP contribution >= 0.6 is 0 Å². The molecule has 0 aliphatic rings. The molecular formula is C6H11N2O+. The summed E-state index contributed by atoms with van der Waals surface area (Å²) in [6, 6.07) is 1.87. The first-order valence-corrected chi connectivity index (χ1v) is 2.97. The Morgan fingerprint density at radius 1 is 1.67 bits per heavy atom. The predicted molar refractivity (Wildman–Crippen MR) is 33.1 cm³/mol. The van der Waals surface area contributed by atoms with E-state index in [0.29, 0.717) is 5.92 Å². The van der Waals surface area contributed by atoms with Crippen LogP contribution in [0.2, 0.25) is 0 Å². The summed E-state index contributed by atoms with van der Waals surface area (Å²) in [5, 5.41) is 0. The molecule has 9 heavy (non-hydrogen) atoms. The molecule has 0 aliphatic heterocycles. The van der Waals surface area contributed by atoms with Gasteiger partial charge in [-0.05, 0) is 0 Å². The SMILES string of the molecule is CC(C)c1cco[n+]1N. The van der Waals surface area contributed by atoms with E-state index in [0.717, 1.165) is 5.69 Å². The second-order valence-electron chi connectivity index (χ2n) is 2.31. The van der Waals surface area contributed by atoms with E-state index in [-0.39, 0.29) is 0 Å². The van der Waals surface area contributed by atoms with Gasteiger partial charge < -0.3 is 0 Å². The number of nitrogens with zero attached hydrogens (tertiary/aromatic N) is 1. The van der Waals surface area contributed by atoms with E-state index in [1.54, 1.807) is 6.26 Å². The van der Waals surface area contributed by atoms with E-state index >= 15 is 0 Å². The molecule has 2 N–H and O–H groups in total. The van der Waals surface area contributed by atoms with Gasteiger partial charge >= 0.3 is 0 Å². The maximum absolute atomic E-state index is 5.39. The van der Waals surface area contributed by atoms with E-state index in [9.17, 15) is 0 Å². The fraction of sp³-hybridized carbons (Fsp3) is 0.500. The average Bonchev–Trinajstić information content (AvgIpc) is 2.13. The molecule has 0 atom stereocenters. The Bertz CT molecular complexity index is 193. The van der Waals surface area contributed by atoms with Gasteiger partial charge in [-0.15, -0.1) is 0 Å². The van der Waals surface area contributed by atoms with Crippen molar-refractivity contribution in [2.24, 2.45) is 0 Å². The van der Waals surface area contributed by atoms with Crippen molar-refractivity contribution in [2.75, 3.05) is 5.84 Å². The summed E-state index contributed by atoms with van der Waals surface area (Å²) in [5.41, 5.74) is 1.01. The number of hydrogen-bond acceptors (Lipinski definition) is 2. The van der Waals surface area contributed by atoms with Crippen LogP contribution in [0.15, 0.2) is 16.9 Å². The Kier molecular flexibility index (Phi) is 1.42. The first kappa shape index (κ1) is 6.13. The molecule has 1 aromatic rings. The molecule has 1 aromatic heterocycles. The largest absolute Gasteiger partial charge is 0.269 e. The molecule has 3 heteroatoms. The zero-order chi connectivity index (χ0) is 6.85. The second kappa shape index (κ2) is 2.09. The van der Waals surface area contributed by atoms with Crippen LogP contribution in [0, 0.1) is 0 Å². The van der Waals surface area contributed by atoms with E-state index < -0.39 is 0 Å². The lowest BCUT2D eigenvalue weighted by Crippen LogP contribution is -2.46. The van der Waals surface area contributed by atoms with Crippen molar-refractivity contribution in [1.82, 2.24) is 0 Å². The first-order chi connectivity index (χ1) is 4.22. The van der Waals surface area contributed by atoms with Gasteiger partial charge in [0.15, 0.2) is 6.26 Å². The molecule has 0 unspecified atom stereocenters. The molecule has 50 valence electrons. The van der Waals surface area contributed by atoms with E-state index in [4.69, 9.17) is 10.4 Å². The minimum atomic E-state index is 0.425. The van der Waals surface area contributed by atoms with Gasteiger partial charge in [-0.3, -0.25) is 0 Å². The highest BCUT2D eigenvalue weighted by Crippen LogP contribution is 2.06. The van der Waals surface area contributed by atoms with Gasteiger partial charge in [-0.1, -0.05) is 13.8 Å². The van der Waals surface area contributed by atoms with Gasteiger partial charge in [0, 0.05) is 5.92 Å². The van der Waals surface area contributed by atoms with Crippen LogP contribution < -0.4 is 10.7 Å². The maximum Gasteiger partial charge on any atom is 0.269 e. The Balaban J connectivity index is 2.94. The molecule has 0 bridgehead atoms. The lowest BCUT2D eigenvalue weighted by molar-refractivity contribution is -0.825. The van der Waals surface area contributed by atoms with Crippen LogP contribution in [0.5, 0.6) is 0 Å². The Hall–Kier alpha value is -0.990. The third kappa shape index (κ3) is 1.04. The third-order valence-electron chi connectivity index (χ3n) is 1.26. The van der Waals surface area contributed by atoms with Crippen LogP contribution in [0.4, 0.5) is 0 Å². The normalized spacial score (nSPS) is 10.6. The van der Waals surface area contributed by atoms with Crippen LogP contribution in [-0.4, -0.2) is 0 Å². The number of aromatic nitrogens is 1. The van der Waals surface area contributed by atoms with Crippen molar-refractivity contribution in [2.45, 2.75) is 19.8 Å². The molecule has 0 aromatic carbocycles. The lowest BCUT2D eigenvalue weighted by atomic mass is 10.1. The monoisotopic (exact) mass is 127 g/mol. The van der Waals surface area contributed by atoms with Gasteiger partial charge in [0.05, 0.1) is 10.9 Å². The molecule has 0 aliphatic carbocycles. The summed E-state index contributed by atoms with van der Waals surface area (Å²) in [4.78, 5) is 1.28. The number of nitrogens with two attached hydrogens (primary N) is 1. The molecule has 0 spiro atoms. The van der Waals surface area contributed by atoms with E-state index in [1.807, 2.05) is 6.07 Å². The minimum absolute atomic E-state index is 0.425. The Morgan fingerprint density at radius 3 is 2.56 bits per heavy atom. The fourth-order valence-corrected chi connectivity index (χ4v) is 0.747. The summed E-state index contributed by atoms with van der Waals surface area (Å²) in [6.45, 7) is 4.13. The summed E-state index contributed by atoms with van der Waals surface area (Å²) in [7, 11) is 0. The van der Waals surface area contributed by atoms with Crippen LogP contribution in [0.1, 0.15) is 25.5 Å². The molecule has 0 fully saturated rings. The summed E-state index contributed by atoms with van der Waals surface area (Å²) in [5.74, 6) is 5.82. The Labute approximate surface area is 54.0 Å². The Morgan fingerprint density at radius 2 is 2.33 bits per heavy atom. The summed E-state index contributed by atoms with van der Waals surface area (Å²) in [6.07, 6.45) is 1.58. The molecule has 0 saturated carbocycles. The average molecular weight is 127 g/mol. The molecule has 0 saturated heterocycles. The summed E-state index contributed by atoms with van der Waals surface area (Å²) >= 11 is 0. The minimum Gasteiger partial charge on any atom is -0.215 e. The smallest absolute Gasteiger partial charge is 0.215 e. The van der Waals surface area contributed by atoms with E-state index in [2.05, 4.69) is 13.8 Å². The molecule has 0 radical (unpaired) electrons. The van der Waals surface area contributed by atoms with Gasteiger partial charge in [-0.25, -0.2) is 4.52 Å². The van der Waals surface area contributed by atoms with Crippen LogP contribution in [-0.2, 0) is 0 Å². The van der Waals surface area contributed by atoms with Crippen LogP contribution in [0.3, 0.4) is 0 Å². The van der Waals surface area contributed by atoms with Crippen LogP contribution in [0.25, 0.3) is 0 Å². The second-order valence-corrected chi connectivity index (χ2v) is 2.31. The van der Waals surface area contributed by atoms with E-state index in [1.165, 1.54) is 4.85 Å².